The van der Waals surface area contributed by atoms with Crippen LogP contribution in [0.2, 0.25) is 5.02 Å². The first kappa shape index (κ1) is 23.4. The molecule has 2 aromatic rings. The Kier molecular flexibility index (Phi) is 8.40. The van der Waals surface area contributed by atoms with E-state index in [2.05, 4.69) is 15.4 Å². The van der Waals surface area contributed by atoms with Gasteiger partial charge in [0.1, 0.15) is 0 Å². The fourth-order valence-electron chi connectivity index (χ4n) is 2.37. The number of amides is 2. The average Bonchev–Trinajstić information content (AvgIpc) is 2.66. The lowest BCUT2D eigenvalue weighted by molar-refractivity contribution is -0.111. The van der Waals surface area contributed by atoms with Gasteiger partial charge in [-0.05, 0) is 42.0 Å². The second-order valence-corrected chi connectivity index (χ2v) is 8.42. The maximum Gasteiger partial charge on any atom is 0.252 e. The van der Waals surface area contributed by atoms with Crippen LogP contribution in [-0.2, 0) is 19.6 Å². The van der Waals surface area contributed by atoms with Crippen molar-refractivity contribution in [2.75, 3.05) is 36.6 Å². The van der Waals surface area contributed by atoms with Crippen molar-refractivity contribution in [1.82, 2.24) is 5.32 Å². The van der Waals surface area contributed by atoms with Crippen molar-refractivity contribution in [1.29, 1.82) is 0 Å². The second-order valence-electron chi connectivity index (χ2n) is 6.26. The molecule has 0 radical (unpaired) electrons. The van der Waals surface area contributed by atoms with Crippen LogP contribution in [0.3, 0.4) is 0 Å². The molecule has 0 aliphatic heterocycles. The molecule has 0 heterocycles. The molecule has 0 spiro atoms. The molecule has 2 aromatic carbocycles. The first-order valence-electron chi connectivity index (χ1n) is 8.81. The summed E-state index contributed by atoms with van der Waals surface area (Å²) in [5.74, 6) is -0.717. The molecule has 0 aliphatic rings. The Hall–Kier alpha value is -2.88. The van der Waals surface area contributed by atoms with E-state index in [9.17, 15) is 18.0 Å². The highest BCUT2D eigenvalue weighted by molar-refractivity contribution is 7.92. The van der Waals surface area contributed by atoms with E-state index in [0.717, 1.165) is 6.26 Å². The zero-order valence-corrected chi connectivity index (χ0v) is 18.0. The van der Waals surface area contributed by atoms with Crippen molar-refractivity contribution < 1.29 is 22.7 Å². The number of nitrogens with one attached hydrogen (secondary N) is 3. The molecule has 3 N–H and O–H groups in total. The van der Waals surface area contributed by atoms with Crippen molar-refractivity contribution in [2.45, 2.75) is 0 Å². The van der Waals surface area contributed by atoms with E-state index >= 15 is 0 Å². The zero-order chi connectivity index (χ0) is 22.1. The smallest absolute Gasteiger partial charge is 0.252 e. The molecular weight excluding hydrogens is 430 g/mol. The quantitative estimate of drug-likeness (QED) is 0.400. The van der Waals surface area contributed by atoms with Crippen LogP contribution >= 0.6 is 11.6 Å². The molecular formula is C20H22ClN3O5S. The molecule has 0 atom stereocenters. The molecule has 0 fully saturated rings. The fraction of sp³-hybridized carbons (Fsp3) is 0.200. The van der Waals surface area contributed by atoms with Gasteiger partial charge in [-0.3, -0.25) is 14.3 Å². The van der Waals surface area contributed by atoms with Gasteiger partial charge < -0.3 is 15.4 Å². The SMILES string of the molecule is COCCNC(=O)c1ccc(NC(=O)/C=C/c2ccc(NS(C)(=O)=O)cc2)cc1Cl. The van der Waals surface area contributed by atoms with E-state index in [-0.39, 0.29) is 16.8 Å². The van der Waals surface area contributed by atoms with Crippen LogP contribution in [-0.4, -0.2) is 46.7 Å². The van der Waals surface area contributed by atoms with Crippen LogP contribution in [0.15, 0.2) is 48.5 Å². The highest BCUT2D eigenvalue weighted by Gasteiger charge is 2.11. The minimum Gasteiger partial charge on any atom is -0.383 e. The Morgan fingerprint density at radius 3 is 2.37 bits per heavy atom. The maximum atomic E-state index is 12.1. The van der Waals surface area contributed by atoms with Crippen molar-refractivity contribution in [3.05, 3.63) is 64.7 Å². The van der Waals surface area contributed by atoms with Crippen LogP contribution in [0.1, 0.15) is 15.9 Å². The molecule has 0 saturated carbocycles. The van der Waals surface area contributed by atoms with Gasteiger partial charge >= 0.3 is 0 Å². The standard InChI is InChI=1S/C20H22ClN3O5S/c1-29-12-11-22-20(26)17-9-8-16(13-18(17)21)23-19(25)10-5-14-3-6-15(7-4-14)24-30(2,27)28/h3-10,13,24H,11-12H2,1-2H3,(H,22,26)(H,23,25)/b10-5+. The molecule has 2 rings (SSSR count). The molecule has 0 bridgehead atoms. The number of benzene rings is 2. The van der Waals surface area contributed by atoms with Crippen LogP contribution < -0.4 is 15.4 Å². The Morgan fingerprint density at radius 2 is 1.77 bits per heavy atom. The number of hydrogen-bond acceptors (Lipinski definition) is 5. The third-order valence-corrected chi connectivity index (χ3v) is 4.63. The van der Waals surface area contributed by atoms with Gasteiger partial charge in [0.25, 0.3) is 5.91 Å². The predicted octanol–water partition coefficient (Wildman–Crippen LogP) is 2.74. The summed E-state index contributed by atoms with van der Waals surface area (Å²) >= 11 is 6.14. The Bertz CT molecular complexity index is 1040. The lowest BCUT2D eigenvalue weighted by Crippen LogP contribution is -2.27. The number of sulfonamides is 1. The van der Waals surface area contributed by atoms with E-state index in [0.29, 0.717) is 35.7 Å². The van der Waals surface area contributed by atoms with E-state index in [1.165, 1.54) is 25.3 Å². The second kappa shape index (κ2) is 10.8. The summed E-state index contributed by atoms with van der Waals surface area (Å²) in [6, 6.07) is 11.1. The first-order valence-corrected chi connectivity index (χ1v) is 11.1. The topological polar surface area (TPSA) is 114 Å². The maximum absolute atomic E-state index is 12.1. The summed E-state index contributed by atoms with van der Waals surface area (Å²) in [7, 11) is -1.80. The third kappa shape index (κ3) is 7.86. The average molecular weight is 452 g/mol. The van der Waals surface area contributed by atoms with Gasteiger partial charge in [0.15, 0.2) is 0 Å². The number of methoxy groups -OCH3 is 1. The van der Waals surface area contributed by atoms with E-state index in [1.807, 2.05) is 0 Å². The van der Waals surface area contributed by atoms with Gasteiger partial charge in [-0.25, -0.2) is 8.42 Å². The van der Waals surface area contributed by atoms with Gasteiger partial charge in [0.2, 0.25) is 15.9 Å². The lowest BCUT2D eigenvalue weighted by Gasteiger charge is -2.08. The summed E-state index contributed by atoms with van der Waals surface area (Å²) in [5, 5.41) is 5.54. The molecule has 0 saturated heterocycles. The summed E-state index contributed by atoms with van der Waals surface area (Å²) < 4.78 is 29.6. The largest absolute Gasteiger partial charge is 0.383 e. The number of hydrogen-bond donors (Lipinski definition) is 3. The third-order valence-electron chi connectivity index (χ3n) is 3.71. The number of halogens is 1. The van der Waals surface area contributed by atoms with Gasteiger partial charge in [-0.15, -0.1) is 0 Å². The lowest BCUT2D eigenvalue weighted by atomic mass is 10.2. The van der Waals surface area contributed by atoms with Gasteiger partial charge in [0.05, 0.1) is 23.4 Å². The molecule has 0 aromatic heterocycles. The van der Waals surface area contributed by atoms with Crippen molar-refractivity contribution in [3.8, 4) is 0 Å². The highest BCUT2D eigenvalue weighted by atomic mass is 35.5. The van der Waals surface area contributed by atoms with Crippen molar-refractivity contribution in [2.24, 2.45) is 0 Å². The van der Waals surface area contributed by atoms with Crippen LogP contribution in [0.4, 0.5) is 11.4 Å². The number of rotatable bonds is 9. The van der Waals surface area contributed by atoms with E-state index < -0.39 is 10.0 Å². The Morgan fingerprint density at radius 1 is 1.10 bits per heavy atom. The molecule has 10 heteroatoms. The zero-order valence-electron chi connectivity index (χ0n) is 16.4. The summed E-state index contributed by atoms with van der Waals surface area (Å²) in [6.45, 7) is 0.751. The Labute approximate surface area is 180 Å². The van der Waals surface area contributed by atoms with Crippen LogP contribution in [0.25, 0.3) is 6.08 Å². The van der Waals surface area contributed by atoms with E-state index in [1.54, 1.807) is 36.4 Å². The van der Waals surface area contributed by atoms with Crippen molar-refractivity contribution >= 4 is 50.9 Å². The number of anilines is 2. The fourth-order valence-corrected chi connectivity index (χ4v) is 3.20. The number of carbonyl (C=O) groups excluding carboxylic acids is 2. The molecule has 8 nitrogen and oxygen atoms in total. The first-order chi connectivity index (χ1) is 14.2. The van der Waals surface area contributed by atoms with Crippen molar-refractivity contribution in [3.63, 3.8) is 0 Å². The summed E-state index contributed by atoms with van der Waals surface area (Å²) in [4.78, 5) is 24.2. The molecule has 0 unspecified atom stereocenters. The minimum absolute atomic E-state index is 0.209. The van der Waals surface area contributed by atoms with Gasteiger partial charge in [-0.2, -0.15) is 0 Å². The molecule has 30 heavy (non-hydrogen) atoms. The van der Waals surface area contributed by atoms with Gasteiger partial charge in [-0.1, -0.05) is 23.7 Å². The normalized spacial score (nSPS) is 11.3. The molecule has 160 valence electrons. The van der Waals surface area contributed by atoms with Gasteiger partial charge in [0, 0.05) is 31.1 Å². The van der Waals surface area contributed by atoms with E-state index in [4.69, 9.17) is 16.3 Å². The number of ether oxygens (including phenoxy) is 1. The minimum atomic E-state index is -3.34. The predicted molar refractivity (Wildman–Crippen MR) is 118 cm³/mol. The highest BCUT2D eigenvalue weighted by Crippen LogP contribution is 2.21. The Balaban J connectivity index is 1.95. The molecule has 2 amide bonds. The summed E-state index contributed by atoms with van der Waals surface area (Å²) in [5.41, 5.74) is 1.88. The number of carbonyl (C=O) groups is 2. The summed E-state index contributed by atoms with van der Waals surface area (Å²) in [6.07, 6.45) is 3.98. The monoisotopic (exact) mass is 451 g/mol. The molecule has 0 aliphatic carbocycles. The van der Waals surface area contributed by atoms with Crippen LogP contribution in [0.5, 0.6) is 0 Å². The van der Waals surface area contributed by atoms with Crippen LogP contribution in [0, 0.1) is 0 Å².